The lowest BCUT2D eigenvalue weighted by Gasteiger charge is -2.10. The summed E-state index contributed by atoms with van der Waals surface area (Å²) in [6.45, 7) is 1.95. The lowest BCUT2D eigenvalue weighted by Crippen LogP contribution is -2.21. The highest BCUT2D eigenvalue weighted by Crippen LogP contribution is 2.29. The van der Waals surface area contributed by atoms with Gasteiger partial charge in [0.15, 0.2) is 6.61 Å². The quantitative estimate of drug-likeness (QED) is 0.777. The molecule has 0 aliphatic carbocycles. The Morgan fingerprint density at radius 1 is 1.04 bits per heavy atom. The van der Waals surface area contributed by atoms with Gasteiger partial charge in [-0.3, -0.25) is 4.79 Å². The van der Waals surface area contributed by atoms with Gasteiger partial charge in [-0.05, 0) is 43.3 Å². The number of esters is 1. The van der Waals surface area contributed by atoms with Crippen LogP contribution in [0.3, 0.4) is 0 Å². The van der Waals surface area contributed by atoms with Crippen molar-refractivity contribution in [3.05, 3.63) is 58.1 Å². The maximum atomic E-state index is 11.9. The van der Waals surface area contributed by atoms with E-state index < -0.39 is 18.5 Å². The van der Waals surface area contributed by atoms with Crippen molar-refractivity contribution in [2.45, 2.75) is 6.92 Å². The van der Waals surface area contributed by atoms with Crippen LogP contribution < -0.4 is 10.1 Å². The van der Waals surface area contributed by atoms with E-state index in [9.17, 15) is 9.59 Å². The van der Waals surface area contributed by atoms with Gasteiger partial charge in [-0.15, -0.1) is 0 Å². The van der Waals surface area contributed by atoms with E-state index in [0.29, 0.717) is 28.0 Å². The Balaban J connectivity index is 1.90. The minimum atomic E-state index is -0.613. The van der Waals surface area contributed by atoms with Crippen molar-refractivity contribution in [1.29, 1.82) is 0 Å². The number of para-hydroxylation sites is 1. The highest BCUT2D eigenvalue weighted by atomic mass is 35.5. The second-order valence-electron chi connectivity index (χ2n) is 4.68. The topological polar surface area (TPSA) is 64.6 Å². The summed E-state index contributed by atoms with van der Waals surface area (Å²) in [7, 11) is 0. The number of anilines is 1. The molecule has 0 atom stereocenters. The predicted octanol–water partition coefficient (Wildman–Crippen LogP) is 4.19. The van der Waals surface area contributed by atoms with Crippen molar-refractivity contribution in [2.75, 3.05) is 18.5 Å². The van der Waals surface area contributed by atoms with Crippen LogP contribution in [0.25, 0.3) is 0 Å². The van der Waals surface area contributed by atoms with E-state index in [1.807, 2.05) is 6.92 Å². The lowest BCUT2D eigenvalue weighted by molar-refractivity contribution is -0.119. The maximum absolute atomic E-state index is 11.9. The zero-order valence-electron chi connectivity index (χ0n) is 12.8. The van der Waals surface area contributed by atoms with Gasteiger partial charge in [-0.25, -0.2) is 4.79 Å². The first-order chi connectivity index (χ1) is 11.5. The normalized spacial score (nSPS) is 10.1. The third-order valence-electron chi connectivity index (χ3n) is 2.96. The molecule has 126 valence electrons. The van der Waals surface area contributed by atoms with E-state index in [1.54, 1.807) is 42.5 Å². The number of halogens is 2. The Morgan fingerprint density at radius 2 is 1.67 bits per heavy atom. The molecule has 1 N–H and O–H groups in total. The second kappa shape index (κ2) is 8.57. The molecule has 5 nitrogen and oxygen atoms in total. The highest BCUT2D eigenvalue weighted by molar-refractivity contribution is 6.39. The van der Waals surface area contributed by atoms with Gasteiger partial charge < -0.3 is 14.8 Å². The van der Waals surface area contributed by atoms with Crippen LogP contribution in [0, 0.1) is 0 Å². The van der Waals surface area contributed by atoms with Gasteiger partial charge in [-0.1, -0.05) is 29.3 Å². The van der Waals surface area contributed by atoms with Crippen molar-refractivity contribution in [1.82, 2.24) is 0 Å². The fourth-order valence-corrected chi connectivity index (χ4v) is 2.35. The smallest absolute Gasteiger partial charge is 0.338 e. The zero-order chi connectivity index (χ0) is 17.5. The molecule has 0 heterocycles. The van der Waals surface area contributed by atoms with Crippen molar-refractivity contribution in [2.24, 2.45) is 0 Å². The molecule has 7 heteroatoms. The van der Waals surface area contributed by atoms with E-state index >= 15 is 0 Å². The van der Waals surface area contributed by atoms with E-state index in [-0.39, 0.29) is 5.69 Å². The Bertz CT molecular complexity index is 712. The molecule has 0 aromatic heterocycles. The molecule has 2 rings (SSSR count). The first kappa shape index (κ1) is 18.1. The molecule has 0 radical (unpaired) electrons. The fraction of sp³-hybridized carbons (Fsp3) is 0.176. The van der Waals surface area contributed by atoms with E-state index in [4.69, 9.17) is 32.7 Å². The zero-order valence-corrected chi connectivity index (χ0v) is 14.4. The summed E-state index contributed by atoms with van der Waals surface area (Å²) < 4.78 is 10.3. The number of nitrogens with one attached hydrogen (secondary N) is 1. The number of rotatable bonds is 6. The number of hydrogen-bond acceptors (Lipinski definition) is 4. The molecular formula is C17H15Cl2NO4. The summed E-state index contributed by atoms with van der Waals surface area (Å²) in [4.78, 5) is 23.8. The number of amides is 1. The molecule has 2 aromatic carbocycles. The van der Waals surface area contributed by atoms with Gasteiger partial charge in [0, 0.05) is 0 Å². The molecule has 1 amide bonds. The molecule has 2 aromatic rings. The molecule has 0 saturated carbocycles. The molecule has 0 aliphatic rings. The van der Waals surface area contributed by atoms with E-state index in [0.717, 1.165) is 0 Å². The minimum absolute atomic E-state index is 0.281. The Morgan fingerprint density at radius 3 is 2.25 bits per heavy atom. The van der Waals surface area contributed by atoms with Crippen LogP contribution in [-0.4, -0.2) is 25.1 Å². The highest BCUT2D eigenvalue weighted by Gasteiger charge is 2.13. The molecular weight excluding hydrogens is 353 g/mol. The van der Waals surface area contributed by atoms with Crippen LogP contribution >= 0.6 is 23.2 Å². The monoisotopic (exact) mass is 367 g/mol. The van der Waals surface area contributed by atoms with Gasteiger partial charge in [-0.2, -0.15) is 0 Å². The first-order valence-corrected chi connectivity index (χ1v) is 7.90. The van der Waals surface area contributed by atoms with E-state index in [1.165, 1.54) is 0 Å². The molecule has 0 bridgehead atoms. The van der Waals surface area contributed by atoms with Crippen molar-refractivity contribution in [3.8, 4) is 5.75 Å². The Hall–Kier alpha value is -2.24. The average Bonchev–Trinajstić information content (AvgIpc) is 2.57. The SMILES string of the molecule is CCOc1ccc(C(=O)OCC(=O)Nc2c(Cl)cccc2Cl)cc1. The lowest BCUT2D eigenvalue weighted by atomic mass is 10.2. The molecule has 0 fully saturated rings. The number of carbonyl (C=O) groups excluding carboxylic acids is 2. The molecule has 0 spiro atoms. The summed E-state index contributed by atoms with van der Waals surface area (Å²) in [6.07, 6.45) is 0. The molecule has 0 saturated heterocycles. The summed E-state index contributed by atoms with van der Waals surface area (Å²) in [6, 6.07) is 11.3. The van der Waals surface area contributed by atoms with Crippen LogP contribution in [0.4, 0.5) is 5.69 Å². The minimum Gasteiger partial charge on any atom is -0.494 e. The van der Waals surface area contributed by atoms with Crippen LogP contribution in [-0.2, 0) is 9.53 Å². The van der Waals surface area contributed by atoms with Crippen LogP contribution in [0.2, 0.25) is 10.0 Å². The van der Waals surface area contributed by atoms with Crippen molar-refractivity contribution >= 4 is 40.8 Å². The van der Waals surface area contributed by atoms with Crippen molar-refractivity contribution in [3.63, 3.8) is 0 Å². The van der Waals surface area contributed by atoms with Gasteiger partial charge in [0.25, 0.3) is 5.91 Å². The number of benzene rings is 2. The second-order valence-corrected chi connectivity index (χ2v) is 5.49. The predicted molar refractivity (Wildman–Crippen MR) is 93.0 cm³/mol. The van der Waals surface area contributed by atoms with Crippen molar-refractivity contribution < 1.29 is 19.1 Å². The Kier molecular flexibility index (Phi) is 6.46. The summed E-state index contributed by atoms with van der Waals surface area (Å²) >= 11 is 11.9. The fourth-order valence-electron chi connectivity index (χ4n) is 1.86. The standard InChI is InChI=1S/C17H15Cl2NO4/c1-2-23-12-8-6-11(7-9-12)17(22)24-10-15(21)20-16-13(18)4-3-5-14(16)19/h3-9H,2,10H2,1H3,(H,20,21). The summed E-state index contributed by atoms with van der Waals surface area (Å²) in [5.74, 6) is -0.497. The third-order valence-corrected chi connectivity index (χ3v) is 3.59. The molecule has 0 unspecified atom stereocenters. The Labute approximate surface area is 149 Å². The van der Waals surface area contributed by atoms with Gasteiger partial charge in [0.05, 0.1) is 27.9 Å². The van der Waals surface area contributed by atoms with Gasteiger partial charge in [0.2, 0.25) is 0 Å². The number of ether oxygens (including phenoxy) is 2. The summed E-state index contributed by atoms with van der Waals surface area (Å²) in [5.41, 5.74) is 0.602. The van der Waals surface area contributed by atoms with E-state index in [2.05, 4.69) is 5.32 Å². The van der Waals surface area contributed by atoms with Crippen LogP contribution in [0.1, 0.15) is 17.3 Å². The third kappa shape index (κ3) is 4.88. The maximum Gasteiger partial charge on any atom is 0.338 e. The number of hydrogen-bond donors (Lipinski definition) is 1. The summed E-state index contributed by atoms with van der Waals surface area (Å²) in [5, 5.41) is 3.11. The van der Waals surface area contributed by atoms with Crippen LogP contribution in [0.15, 0.2) is 42.5 Å². The van der Waals surface area contributed by atoms with Crippen LogP contribution in [0.5, 0.6) is 5.75 Å². The molecule has 24 heavy (non-hydrogen) atoms. The van der Waals surface area contributed by atoms with Gasteiger partial charge in [0.1, 0.15) is 5.75 Å². The van der Waals surface area contributed by atoms with Gasteiger partial charge >= 0.3 is 5.97 Å². The molecule has 0 aliphatic heterocycles. The largest absolute Gasteiger partial charge is 0.494 e. The number of carbonyl (C=O) groups is 2. The average molecular weight is 368 g/mol. The first-order valence-electron chi connectivity index (χ1n) is 7.15.